The summed E-state index contributed by atoms with van der Waals surface area (Å²) in [6.45, 7) is 4.83. The van der Waals surface area contributed by atoms with E-state index in [4.69, 9.17) is 4.74 Å². The molecule has 0 radical (unpaired) electrons. The molecule has 0 saturated heterocycles. The summed E-state index contributed by atoms with van der Waals surface area (Å²) in [6, 6.07) is 9.07. The van der Waals surface area contributed by atoms with Crippen LogP contribution in [0.25, 0.3) is 0 Å². The van der Waals surface area contributed by atoms with Crippen molar-refractivity contribution in [1.82, 2.24) is 5.32 Å². The molecule has 17 heavy (non-hydrogen) atoms. The van der Waals surface area contributed by atoms with E-state index in [1.54, 1.807) is 0 Å². The van der Waals surface area contributed by atoms with Gasteiger partial charge >= 0.3 is 0 Å². The Hall–Kier alpha value is -0.380. The van der Waals surface area contributed by atoms with Gasteiger partial charge in [-0.25, -0.2) is 0 Å². The van der Waals surface area contributed by atoms with Crippen LogP contribution in [-0.4, -0.2) is 19.2 Å². The molecule has 0 aromatic heterocycles. The lowest BCUT2D eigenvalue weighted by Crippen LogP contribution is -2.25. The molecule has 2 rings (SSSR count). The Morgan fingerprint density at radius 2 is 2.29 bits per heavy atom. The van der Waals surface area contributed by atoms with E-state index in [0.717, 1.165) is 23.7 Å². The second-order valence-corrected chi connectivity index (χ2v) is 5.85. The Kier molecular flexibility index (Phi) is 5.01. The highest BCUT2D eigenvalue weighted by molar-refractivity contribution is 9.10. The van der Waals surface area contributed by atoms with Gasteiger partial charge in [-0.1, -0.05) is 35.0 Å². The summed E-state index contributed by atoms with van der Waals surface area (Å²) in [7, 11) is 0. The third-order valence-electron chi connectivity index (χ3n) is 2.89. The molecule has 1 aromatic carbocycles. The van der Waals surface area contributed by atoms with Crippen molar-refractivity contribution in [1.29, 1.82) is 0 Å². The molecule has 1 unspecified atom stereocenters. The van der Waals surface area contributed by atoms with Gasteiger partial charge in [-0.05, 0) is 36.5 Å². The third kappa shape index (κ3) is 5.19. The molecule has 1 fully saturated rings. The van der Waals surface area contributed by atoms with Gasteiger partial charge in [-0.3, -0.25) is 0 Å². The van der Waals surface area contributed by atoms with Crippen LogP contribution in [0, 0.1) is 5.92 Å². The molecule has 1 aliphatic rings. The largest absolute Gasteiger partial charge is 0.376 e. The Labute approximate surface area is 112 Å². The molecule has 1 aliphatic carbocycles. The average Bonchev–Trinajstić information content (AvgIpc) is 3.10. The number of hydrogen-bond donors (Lipinski definition) is 1. The molecular weight excluding hydrogens is 278 g/mol. The highest BCUT2D eigenvalue weighted by Crippen LogP contribution is 2.18. The van der Waals surface area contributed by atoms with Crippen LogP contribution >= 0.6 is 15.9 Å². The van der Waals surface area contributed by atoms with E-state index < -0.39 is 0 Å². The summed E-state index contributed by atoms with van der Waals surface area (Å²) in [5.41, 5.74) is 1.22. The zero-order valence-corrected chi connectivity index (χ0v) is 11.9. The van der Waals surface area contributed by atoms with Crippen LogP contribution in [0.4, 0.5) is 0 Å². The summed E-state index contributed by atoms with van der Waals surface area (Å²) in [6.07, 6.45) is 2.71. The molecule has 1 saturated carbocycles. The van der Waals surface area contributed by atoms with E-state index in [1.807, 2.05) is 12.1 Å². The van der Waals surface area contributed by atoms with Crippen molar-refractivity contribution in [3.05, 3.63) is 34.3 Å². The fourth-order valence-electron chi connectivity index (χ4n) is 1.72. The number of hydrogen-bond acceptors (Lipinski definition) is 2. The minimum absolute atomic E-state index is 0.586. The zero-order valence-electron chi connectivity index (χ0n) is 10.3. The summed E-state index contributed by atoms with van der Waals surface area (Å²) < 4.78 is 6.84. The van der Waals surface area contributed by atoms with E-state index in [0.29, 0.717) is 12.5 Å². The van der Waals surface area contributed by atoms with Gasteiger partial charge in [0.2, 0.25) is 0 Å². The van der Waals surface area contributed by atoms with Crippen LogP contribution in [0.5, 0.6) is 0 Å². The summed E-state index contributed by atoms with van der Waals surface area (Å²) in [4.78, 5) is 0. The van der Waals surface area contributed by atoms with Gasteiger partial charge in [0.05, 0.1) is 13.2 Å². The van der Waals surface area contributed by atoms with E-state index in [-0.39, 0.29) is 0 Å². The minimum Gasteiger partial charge on any atom is -0.376 e. The maximum atomic E-state index is 5.73. The first kappa shape index (κ1) is 13.1. The van der Waals surface area contributed by atoms with Crippen molar-refractivity contribution in [3.63, 3.8) is 0 Å². The molecule has 0 heterocycles. The first-order valence-electron chi connectivity index (χ1n) is 6.29. The summed E-state index contributed by atoms with van der Waals surface area (Å²) in [5.74, 6) is 0.586. The second-order valence-electron chi connectivity index (χ2n) is 4.93. The smallest absolute Gasteiger partial charge is 0.0717 e. The normalized spacial score (nSPS) is 17.1. The predicted molar refractivity (Wildman–Crippen MR) is 74.0 cm³/mol. The second kappa shape index (κ2) is 6.53. The number of nitrogens with one attached hydrogen (secondary N) is 1. The lowest BCUT2D eigenvalue weighted by atomic mass is 10.2. The fourth-order valence-corrected chi connectivity index (χ4v) is 2.17. The monoisotopic (exact) mass is 297 g/mol. The van der Waals surface area contributed by atoms with Crippen molar-refractivity contribution < 1.29 is 4.74 Å². The van der Waals surface area contributed by atoms with Crippen molar-refractivity contribution >= 4 is 15.9 Å². The summed E-state index contributed by atoms with van der Waals surface area (Å²) >= 11 is 3.47. The molecule has 2 nitrogen and oxygen atoms in total. The highest BCUT2D eigenvalue weighted by Gasteiger charge is 2.20. The lowest BCUT2D eigenvalue weighted by molar-refractivity contribution is 0.0917. The molecular formula is C14H20BrNO. The number of halogens is 1. The number of rotatable bonds is 7. The standard InChI is InChI=1S/C14H20BrNO/c1-11(8-16-14-5-6-14)9-17-10-12-3-2-4-13(15)7-12/h2-4,7,11,14,16H,5-6,8-10H2,1H3. The van der Waals surface area contributed by atoms with E-state index in [2.05, 4.69) is 40.3 Å². The number of ether oxygens (including phenoxy) is 1. The highest BCUT2D eigenvalue weighted by atomic mass is 79.9. The molecule has 0 bridgehead atoms. The van der Waals surface area contributed by atoms with Crippen LogP contribution in [0.2, 0.25) is 0 Å². The van der Waals surface area contributed by atoms with E-state index in [1.165, 1.54) is 18.4 Å². The van der Waals surface area contributed by atoms with Crippen molar-refractivity contribution in [2.45, 2.75) is 32.4 Å². The average molecular weight is 298 g/mol. The lowest BCUT2D eigenvalue weighted by Gasteiger charge is -2.12. The maximum absolute atomic E-state index is 5.73. The maximum Gasteiger partial charge on any atom is 0.0717 e. The topological polar surface area (TPSA) is 21.3 Å². The molecule has 3 heteroatoms. The van der Waals surface area contributed by atoms with Crippen molar-refractivity contribution in [2.75, 3.05) is 13.2 Å². The predicted octanol–water partition coefficient (Wildman–Crippen LogP) is 3.35. The van der Waals surface area contributed by atoms with Gasteiger partial charge in [-0.15, -0.1) is 0 Å². The van der Waals surface area contributed by atoms with Crippen LogP contribution in [0.1, 0.15) is 25.3 Å². The van der Waals surface area contributed by atoms with E-state index in [9.17, 15) is 0 Å². The fraction of sp³-hybridized carbons (Fsp3) is 0.571. The number of benzene rings is 1. The Morgan fingerprint density at radius 3 is 3.00 bits per heavy atom. The van der Waals surface area contributed by atoms with Crippen molar-refractivity contribution in [3.8, 4) is 0 Å². The Morgan fingerprint density at radius 1 is 1.47 bits per heavy atom. The van der Waals surface area contributed by atoms with Gasteiger partial charge in [0.1, 0.15) is 0 Å². The molecule has 1 aromatic rings. The van der Waals surface area contributed by atoms with Gasteiger partial charge < -0.3 is 10.1 Å². The molecule has 94 valence electrons. The summed E-state index contributed by atoms with van der Waals surface area (Å²) in [5, 5.41) is 3.53. The molecule has 1 N–H and O–H groups in total. The van der Waals surface area contributed by atoms with Gasteiger partial charge in [0.25, 0.3) is 0 Å². The van der Waals surface area contributed by atoms with Gasteiger partial charge in [0.15, 0.2) is 0 Å². The van der Waals surface area contributed by atoms with Crippen molar-refractivity contribution in [2.24, 2.45) is 5.92 Å². The SMILES string of the molecule is CC(CNC1CC1)COCc1cccc(Br)c1. The Balaban J connectivity index is 1.61. The third-order valence-corrected chi connectivity index (χ3v) is 3.39. The van der Waals surface area contributed by atoms with Gasteiger partial charge in [-0.2, -0.15) is 0 Å². The molecule has 0 amide bonds. The first-order chi connectivity index (χ1) is 8.24. The van der Waals surface area contributed by atoms with Crippen LogP contribution in [0.3, 0.4) is 0 Å². The zero-order chi connectivity index (χ0) is 12.1. The van der Waals surface area contributed by atoms with E-state index >= 15 is 0 Å². The quantitative estimate of drug-likeness (QED) is 0.833. The molecule has 1 atom stereocenters. The van der Waals surface area contributed by atoms with Crippen LogP contribution in [0.15, 0.2) is 28.7 Å². The van der Waals surface area contributed by atoms with Gasteiger partial charge in [0, 0.05) is 17.1 Å². The first-order valence-corrected chi connectivity index (χ1v) is 7.09. The molecule has 0 spiro atoms. The van der Waals surface area contributed by atoms with Crippen LogP contribution < -0.4 is 5.32 Å². The molecule has 0 aliphatic heterocycles. The Bertz CT molecular complexity index is 352. The van der Waals surface area contributed by atoms with Crippen LogP contribution in [-0.2, 0) is 11.3 Å². The minimum atomic E-state index is 0.586.